The lowest BCUT2D eigenvalue weighted by Crippen LogP contribution is -2.18. The van der Waals surface area contributed by atoms with Gasteiger partial charge in [-0.05, 0) is 24.3 Å². The molecule has 6 heteroatoms. The van der Waals surface area contributed by atoms with Gasteiger partial charge in [-0.3, -0.25) is 4.57 Å². The minimum Gasteiger partial charge on any atom is -0.312 e. The average Bonchev–Trinajstić information content (AvgIpc) is 2.54. The second-order valence-electron chi connectivity index (χ2n) is 4.41. The molecule has 2 atom stereocenters. The third-order valence-corrected chi connectivity index (χ3v) is 7.03. The van der Waals surface area contributed by atoms with Crippen LogP contribution in [0, 0.1) is 0 Å². The maximum absolute atomic E-state index is 13.2. The first-order valence-electron chi connectivity index (χ1n) is 6.47. The highest BCUT2D eigenvalue weighted by Crippen LogP contribution is 2.45. The smallest absolute Gasteiger partial charge is 0.312 e. The number of anilines is 1. The number of rotatable bonds is 7. The van der Waals surface area contributed by atoms with Gasteiger partial charge in [-0.25, -0.2) is 0 Å². The van der Waals surface area contributed by atoms with Crippen LogP contribution in [0.4, 0.5) is 5.69 Å². The van der Waals surface area contributed by atoms with Crippen molar-refractivity contribution in [3.63, 3.8) is 0 Å². The molecule has 0 saturated heterocycles. The summed E-state index contributed by atoms with van der Waals surface area (Å²) in [4.78, 5) is 0.104. The molecule has 0 aromatic heterocycles. The Balaban J connectivity index is 2.24. The van der Waals surface area contributed by atoms with E-state index >= 15 is 0 Å². The number of hydrogen-bond acceptors (Lipinski definition) is 2. The lowest BCUT2D eigenvalue weighted by Gasteiger charge is -2.22. The van der Waals surface area contributed by atoms with Crippen LogP contribution in [0.15, 0.2) is 60.7 Å². The van der Waals surface area contributed by atoms with Crippen molar-refractivity contribution >= 4 is 50.4 Å². The summed E-state index contributed by atoms with van der Waals surface area (Å²) in [6.07, 6.45) is 0. The van der Waals surface area contributed by atoms with E-state index in [1.165, 1.54) is 0 Å². The molecule has 21 heavy (non-hydrogen) atoms. The molecule has 0 aliphatic heterocycles. The van der Waals surface area contributed by atoms with Gasteiger partial charge in [0.2, 0.25) is 0 Å². The molecule has 0 bridgehead atoms. The maximum Gasteiger partial charge on any atom is 0.323 e. The SMILES string of the molecule is O=[P@](Nc1ccccc1)(OC[C@@H](Br)CBr)c1ccccc1. The molecule has 0 aliphatic rings. The lowest BCUT2D eigenvalue weighted by atomic mass is 10.3. The van der Waals surface area contributed by atoms with Gasteiger partial charge in [0, 0.05) is 15.8 Å². The summed E-state index contributed by atoms with van der Waals surface area (Å²) in [5, 5.41) is 4.43. The Kier molecular flexibility index (Phi) is 6.49. The van der Waals surface area contributed by atoms with Crippen LogP contribution in [-0.4, -0.2) is 16.8 Å². The highest BCUT2D eigenvalue weighted by molar-refractivity contribution is 9.12. The fraction of sp³-hybridized carbons (Fsp3) is 0.200. The zero-order valence-electron chi connectivity index (χ0n) is 11.3. The molecular formula is C15H16Br2NO2P. The molecule has 2 aromatic carbocycles. The third-order valence-electron chi connectivity index (χ3n) is 2.75. The zero-order valence-corrected chi connectivity index (χ0v) is 15.4. The van der Waals surface area contributed by atoms with Gasteiger partial charge in [0.15, 0.2) is 0 Å². The summed E-state index contributed by atoms with van der Waals surface area (Å²) in [5.74, 6) is 0. The van der Waals surface area contributed by atoms with Gasteiger partial charge >= 0.3 is 7.52 Å². The van der Waals surface area contributed by atoms with Gasteiger partial charge in [0.25, 0.3) is 0 Å². The topological polar surface area (TPSA) is 38.3 Å². The summed E-state index contributed by atoms with van der Waals surface area (Å²) in [6, 6.07) is 18.7. The summed E-state index contributed by atoms with van der Waals surface area (Å²) in [7, 11) is -3.16. The second kappa shape index (κ2) is 8.14. The van der Waals surface area contributed by atoms with Crippen molar-refractivity contribution in [2.24, 2.45) is 0 Å². The lowest BCUT2D eigenvalue weighted by molar-refractivity contribution is 0.331. The van der Waals surface area contributed by atoms with Crippen molar-refractivity contribution in [3.05, 3.63) is 60.7 Å². The first kappa shape index (κ1) is 16.8. The average molecular weight is 433 g/mol. The normalized spacial score (nSPS) is 15.1. The molecule has 0 spiro atoms. The van der Waals surface area contributed by atoms with E-state index in [9.17, 15) is 4.57 Å². The van der Waals surface area contributed by atoms with Crippen LogP contribution in [0.5, 0.6) is 0 Å². The molecule has 0 fully saturated rings. The van der Waals surface area contributed by atoms with Crippen LogP contribution in [0.1, 0.15) is 0 Å². The molecule has 0 saturated carbocycles. The number of halogens is 2. The summed E-state index contributed by atoms with van der Waals surface area (Å²) in [6.45, 7) is 0.344. The Hall–Kier alpha value is -0.610. The van der Waals surface area contributed by atoms with Crippen LogP contribution in [0.3, 0.4) is 0 Å². The molecule has 0 aliphatic carbocycles. The minimum absolute atomic E-state index is 0.104. The van der Waals surface area contributed by atoms with Crippen molar-refractivity contribution in [3.8, 4) is 0 Å². The van der Waals surface area contributed by atoms with Crippen LogP contribution in [-0.2, 0) is 9.09 Å². The molecule has 0 amide bonds. The minimum atomic E-state index is -3.16. The largest absolute Gasteiger partial charge is 0.323 e. The highest BCUT2D eigenvalue weighted by atomic mass is 79.9. The van der Waals surface area contributed by atoms with Crippen LogP contribution in [0.2, 0.25) is 0 Å². The van der Waals surface area contributed by atoms with E-state index in [-0.39, 0.29) is 4.83 Å². The first-order valence-corrected chi connectivity index (χ1v) is 10.1. The quantitative estimate of drug-likeness (QED) is 0.504. The predicted octanol–water partition coefficient (Wildman–Crippen LogP) is 4.79. The predicted molar refractivity (Wildman–Crippen MR) is 96.2 cm³/mol. The monoisotopic (exact) mass is 431 g/mol. The molecule has 0 unspecified atom stereocenters. The van der Waals surface area contributed by atoms with Gasteiger partial charge in [-0.2, -0.15) is 0 Å². The molecule has 1 N–H and O–H groups in total. The molecule has 2 aromatic rings. The van der Waals surface area contributed by atoms with Crippen LogP contribution < -0.4 is 10.4 Å². The summed E-state index contributed by atoms with van der Waals surface area (Å²) >= 11 is 6.84. The summed E-state index contributed by atoms with van der Waals surface area (Å²) < 4.78 is 19.0. The standard InChI is InChI=1S/C15H16Br2NO2P/c16-11-13(17)12-20-21(19,15-9-5-2-6-10-15)18-14-7-3-1-4-8-14/h1-10,13H,11-12H2,(H,18,19)/t13-,21-/m0/s1. The molecule has 3 nitrogen and oxygen atoms in total. The van der Waals surface area contributed by atoms with E-state index in [0.717, 1.165) is 11.0 Å². The Bertz CT molecular complexity index is 595. The van der Waals surface area contributed by atoms with Crippen LogP contribution in [0.25, 0.3) is 0 Å². The third kappa shape index (κ3) is 4.96. The van der Waals surface area contributed by atoms with E-state index in [4.69, 9.17) is 4.52 Å². The Morgan fingerprint density at radius 3 is 2.19 bits per heavy atom. The molecule has 0 heterocycles. The number of hydrogen-bond donors (Lipinski definition) is 1. The second-order valence-corrected chi connectivity index (χ2v) is 8.46. The number of alkyl halides is 2. The maximum atomic E-state index is 13.2. The number of benzene rings is 2. The van der Waals surface area contributed by atoms with Crippen molar-refractivity contribution in [2.45, 2.75) is 4.83 Å². The van der Waals surface area contributed by atoms with E-state index in [1.54, 1.807) is 0 Å². The van der Waals surface area contributed by atoms with Gasteiger partial charge in [-0.1, -0.05) is 68.3 Å². The zero-order chi connectivity index (χ0) is 15.1. The van der Waals surface area contributed by atoms with Gasteiger partial charge in [0.05, 0.1) is 11.9 Å². The molecule has 0 radical (unpaired) electrons. The first-order chi connectivity index (χ1) is 10.1. The Morgan fingerprint density at radius 1 is 1.05 bits per heavy atom. The van der Waals surface area contributed by atoms with Gasteiger partial charge < -0.3 is 9.61 Å². The Morgan fingerprint density at radius 2 is 1.62 bits per heavy atom. The highest BCUT2D eigenvalue weighted by Gasteiger charge is 2.26. The van der Waals surface area contributed by atoms with E-state index in [1.807, 2.05) is 60.7 Å². The van der Waals surface area contributed by atoms with Crippen molar-refractivity contribution in [1.82, 2.24) is 0 Å². The molecule has 2 rings (SSSR count). The molecule has 112 valence electrons. The van der Waals surface area contributed by atoms with E-state index < -0.39 is 7.52 Å². The number of para-hydroxylation sites is 1. The molecular weight excluding hydrogens is 417 g/mol. The van der Waals surface area contributed by atoms with Crippen LogP contribution >= 0.6 is 39.4 Å². The fourth-order valence-corrected chi connectivity index (χ4v) is 4.02. The van der Waals surface area contributed by atoms with Crippen molar-refractivity contribution in [1.29, 1.82) is 0 Å². The van der Waals surface area contributed by atoms with E-state index in [0.29, 0.717) is 11.9 Å². The number of nitrogens with one attached hydrogen (secondary N) is 1. The van der Waals surface area contributed by atoms with E-state index in [2.05, 4.69) is 36.9 Å². The van der Waals surface area contributed by atoms with Gasteiger partial charge in [-0.15, -0.1) is 0 Å². The van der Waals surface area contributed by atoms with Crippen molar-refractivity contribution in [2.75, 3.05) is 17.0 Å². The van der Waals surface area contributed by atoms with Gasteiger partial charge in [0.1, 0.15) is 0 Å². The Labute approximate surface area is 141 Å². The van der Waals surface area contributed by atoms with Crippen molar-refractivity contribution < 1.29 is 9.09 Å². The summed E-state index contributed by atoms with van der Waals surface area (Å²) in [5.41, 5.74) is 0.773. The fourth-order valence-electron chi connectivity index (χ4n) is 1.71.